The molecule has 5 rings (SSSR count). The number of benzene rings is 3. The van der Waals surface area contributed by atoms with Crippen LogP contribution in [0.4, 0.5) is 18.9 Å². The highest BCUT2D eigenvalue weighted by molar-refractivity contribution is 6.03. The molecule has 1 heterocycles. The summed E-state index contributed by atoms with van der Waals surface area (Å²) in [6, 6.07) is 23.3. The molecule has 0 aliphatic heterocycles. The van der Waals surface area contributed by atoms with Crippen LogP contribution in [-0.4, -0.2) is 28.2 Å². The lowest BCUT2D eigenvalue weighted by atomic mass is 9.96. The highest BCUT2D eigenvalue weighted by atomic mass is 19.4. The smallest absolute Gasteiger partial charge is 0.370 e. The van der Waals surface area contributed by atoms with Crippen molar-refractivity contribution < 1.29 is 27.6 Å². The number of aromatic nitrogens is 2. The number of rotatable bonds is 11. The Morgan fingerprint density at radius 1 is 1.00 bits per heavy atom. The van der Waals surface area contributed by atoms with Crippen LogP contribution in [0.2, 0.25) is 0 Å². The number of nitrogens with zero attached hydrogens (tertiary/aromatic N) is 3. The first-order valence-electron chi connectivity index (χ1n) is 15.2. The summed E-state index contributed by atoms with van der Waals surface area (Å²) in [5.41, 5.74) is 3.69. The van der Waals surface area contributed by atoms with Crippen molar-refractivity contribution in [3.63, 3.8) is 0 Å². The molecule has 1 aromatic heterocycles. The fourth-order valence-electron chi connectivity index (χ4n) is 4.83. The van der Waals surface area contributed by atoms with E-state index in [1.165, 1.54) is 6.07 Å². The van der Waals surface area contributed by atoms with Gasteiger partial charge in [0.25, 0.3) is 5.91 Å². The van der Waals surface area contributed by atoms with Crippen LogP contribution in [0.25, 0.3) is 5.69 Å². The maximum absolute atomic E-state index is 13.8. The summed E-state index contributed by atoms with van der Waals surface area (Å²) in [7, 11) is 0. The Morgan fingerprint density at radius 2 is 1.70 bits per heavy atom. The molecule has 1 aliphatic rings. The topological polar surface area (TPSA) is 121 Å². The number of anilines is 1. The summed E-state index contributed by atoms with van der Waals surface area (Å²) in [6.07, 6.45) is -2.50. The summed E-state index contributed by atoms with van der Waals surface area (Å²) in [6.45, 7) is 5.97. The summed E-state index contributed by atoms with van der Waals surface area (Å²) in [5, 5.41) is 19.5. The Bertz CT molecular complexity index is 1800. The van der Waals surface area contributed by atoms with Gasteiger partial charge < -0.3 is 15.5 Å². The number of hydrogen-bond donors (Lipinski definition) is 3. The van der Waals surface area contributed by atoms with Crippen molar-refractivity contribution in [2.75, 3.05) is 11.9 Å². The van der Waals surface area contributed by atoms with Gasteiger partial charge in [0, 0.05) is 11.8 Å². The van der Waals surface area contributed by atoms with Crippen molar-refractivity contribution in [3.05, 3.63) is 113 Å². The third-order valence-electron chi connectivity index (χ3n) is 7.58. The zero-order valence-corrected chi connectivity index (χ0v) is 26.2. The fourth-order valence-corrected chi connectivity index (χ4v) is 4.83. The highest BCUT2D eigenvalue weighted by Gasteiger charge is 2.36. The SMILES string of the molecule is CC(C)(C)C(=O)ONCc1cccc(-n2nc(C(F)(F)F)cc2C(=O)Nc2cccc(C(NCC3CC3)c3cccc(C#N)c3)c2)c1. The van der Waals surface area contributed by atoms with Crippen LogP contribution < -0.4 is 16.1 Å². The van der Waals surface area contributed by atoms with Gasteiger partial charge >= 0.3 is 12.1 Å². The maximum atomic E-state index is 13.8. The molecule has 0 radical (unpaired) electrons. The molecule has 1 atom stereocenters. The first-order valence-corrected chi connectivity index (χ1v) is 15.2. The van der Waals surface area contributed by atoms with Gasteiger partial charge in [-0.05, 0) is 99.2 Å². The molecule has 0 saturated heterocycles. The van der Waals surface area contributed by atoms with E-state index in [-0.39, 0.29) is 24.0 Å². The average Bonchev–Trinajstić information content (AvgIpc) is 3.74. The van der Waals surface area contributed by atoms with Crippen LogP contribution >= 0.6 is 0 Å². The minimum absolute atomic E-state index is 0.0740. The molecule has 3 aromatic carbocycles. The molecule has 9 nitrogen and oxygen atoms in total. The molecule has 1 unspecified atom stereocenters. The molecule has 47 heavy (non-hydrogen) atoms. The number of hydroxylamine groups is 1. The monoisotopic (exact) mass is 644 g/mol. The van der Waals surface area contributed by atoms with E-state index < -0.39 is 29.2 Å². The fraction of sp³-hybridized carbons (Fsp3) is 0.314. The van der Waals surface area contributed by atoms with Crippen molar-refractivity contribution in [3.8, 4) is 11.8 Å². The van der Waals surface area contributed by atoms with E-state index >= 15 is 0 Å². The third-order valence-corrected chi connectivity index (χ3v) is 7.58. The molecule has 244 valence electrons. The van der Waals surface area contributed by atoms with E-state index in [2.05, 4.69) is 27.3 Å². The number of alkyl halides is 3. The molecule has 1 aliphatic carbocycles. The molecule has 4 aromatic rings. The lowest BCUT2D eigenvalue weighted by Crippen LogP contribution is -2.29. The lowest BCUT2D eigenvalue weighted by molar-refractivity contribution is -0.161. The molecule has 0 bridgehead atoms. The second kappa shape index (κ2) is 13.8. The second-order valence-electron chi connectivity index (χ2n) is 12.6. The molecular weight excluding hydrogens is 609 g/mol. The largest absolute Gasteiger partial charge is 0.435 e. The summed E-state index contributed by atoms with van der Waals surface area (Å²) < 4.78 is 42.4. The van der Waals surface area contributed by atoms with Gasteiger partial charge in [0.15, 0.2) is 5.69 Å². The van der Waals surface area contributed by atoms with Gasteiger partial charge in [0.2, 0.25) is 0 Å². The van der Waals surface area contributed by atoms with Crippen LogP contribution in [0.5, 0.6) is 0 Å². The zero-order chi connectivity index (χ0) is 33.8. The van der Waals surface area contributed by atoms with Crippen LogP contribution in [-0.2, 0) is 22.4 Å². The number of amides is 1. The minimum Gasteiger partial charge on any atom is -0.370 e. The van der Waals surface area contributed by atoms with E-state index in [1.807, 2.05) is 24.3 Å². The van der Waals surface area contributed by atoms with Crippen molar-refractivity contribution in [2.45, 2.75) is 52.4 Å². The van der Waals surface area contributed by atoms with E-state index in [0.29, 0.717) is 28.8 Å². The first-order chi connectivity index (χ1) is 22.3. The quantitative estimate of drug-likeness (QED) is 0.156. The van der Waals surface area contributed by atoms with Crippen LogP contribution in [0.3, 0.4) is 0 Å². The van der Waals surface area contributed by atoms with Crippen LogP contribution in [0, 0.1) is 22.7 Å². The van der Waals surface area contributed by atoms with Crippen molar-refractivity contribution in [1.29, 1.82) is 5.26 Å². The number of carbonyl (C=O) groups is 2. The van der Waals surface area contributed by atoms with Crippen molar-refractivity contribution in [2.24, 2.45) is 11.3 Å². The third kappa shape index (κ3) is 8.64. The maximum Gasteiger partial charge on any atom is 0.435 e. The van der Waals surface area contributed by atoms with Gasteiger partial charge in [-0.1, -0.05) is 36.4 Å². The van der Waals surface area contributed by atoms with E-state index in [9.17, 15) is 28.0 Å². The molecule has 0 spiro atoms. The Labute approximate surface area is 270 Å². The Kier molecular flexibility index (Phi) is 9.79. The summed E-state index contributed by atoms with van der Waals surface area (Å²) >= 11 is 0. The molecular formula is C35H35F3N6O3. The summed E-state index contributed by atoms with van der Waals surface area (Å²) in [5.74, 6) is -0.684. The molecule has 3 N–H and O–H groups in total. The Balaban J connectivity index is 1.40. The molecule has 1 amide bonds. The standard InChI is InChI=1S/C35H35F3N6O3/c1-34(2,3)33(46)47-41-21-24-8-5-12-28(16-24)44-29(18-30(43-44)35(36,37)38)32(45)42-27-11-6-10-26(17-27)31(40-20-22-13-14-22)25-9-4-7-23(15-25)19-39/h4-12,15-18,22,31,40-41H,13-14,20-21H2,1-3H3,(H,42,45). The first kappa shape index (κ1) is 33.4. The number of halogens is 3. The van der Waals surface area contributed by atoms with Gasteiger partial charge in [-0.3, -0.25) is 4.79 Å². The number of nitrogens with one attached hydrogen (secondary N) is 3. The zero-order valence-electron chi connectivity index (χ0n) is 26.2. The predicted molar refractivity (Wildman–Crippen MR) is 169 cm³/mol. The minimum atomic E-state index is -4.79. The van der Waals surface area contributed by atoms with E-state index in [0.717, 1.165) is 35.2 Å². The van der Waals surface area contributed by atoms with Crippen LogP contribution in [0.1, 0.15) is 78.1 Å². The summed E-state index contributed by atoms with van der Waals surface area (Å²) in [4.78, 5) is 30.7. The van der Waals surface area contributed by atoms with Crippen LogP contribution in [0.15, 0.2) is 78.9 Å². The van der Waals surface area contributed by atoms with Crippen molar-refractivity contribution >= 4 is 17.6 Å². The van der Waals surface area contributed by atoms with Gasteiger partial charge in [0.1, 0.15) is 5.69 Å². The average molecular weight is 645 g/mol. The van der Waals surface area contributed by atoms with Gasteiger partial charge in [-0.15, -0.1) is 5.48 Å². The number of carbonyl (C=O) groups excluding carboxylic acids is 2. The normalized spacial score (nSPS) is 13.9. The molecule has 1 saturated carbocycles. The lowest BCUT2D eigenvalue weighted by Gasteiger charge is -2.21. The van der Waals surface area contributed by atoms with Gasteiger partial charge in [-0.25, -0.2) is 9.48 Å². The highest BCUT2D eigenvalue weighted by Crippen LogP contribution is 2.32. The molecule has 12 heteroatoms. The van der Waals surface area contributed by atoms with Crippen molar-refractivity contribution in [1.82, 2.24) is 20.6 Å². The van der Waals surface area contributed by atoms with E-state index in [4.69, 9.17) is 4.84 Å². The predicted octanol–water partition coefficient (Wildman–Crippen LogP) is 6.70. The Morgan fingerprint density at radius 3 is 2.38 bits per heavy atom. The number of hydrogen-bond acceptors (Lipinski definition) is 7. The Hall–Kier alpha value is -4.99. The van der Waals surface area contributed by atoms with Gasteiger partial charge in [-0.2, -0.15) is 23.5 Å². The molecule has 1 fully saturated rings. The number of nitriles is 1. The van der Waals surface area contributed by atoms with Gasteiger partial charge in [0.05, 0.1) is 35.3 Å². The second-order valence-corrected chi connectivity index (χ2v) is 12.6. The van der Waals surface area contributed by atoms with E-state index in [1.54, 1.807) is 63.2 Å².